The van der Waals surface area contributed by atoms with Crippen LogP contribution in [0.4, 0.5) is 23.4 Å². The summed E-state index contributed by atoms with van der Waals surface area (Å²) in [5.41, 5.74) is 0.929. The topological polar surface area (TPSA) is 44.8 Å². The van der Waals surface area contributed by atoms with Crippen molar-refractivity contribution in [3.63, 3.8) is 0 Å². The van der Waals surface area contributed by atoms with Gasteiger partial charge in [0.25, 0.3) is 0 Å². The maximum absolute atomic E-state index is 13.8. The molecule has 1 aliphatic rings. The molecule has 4 nitrogen and oxygen atoms in total. The number of aromatic amines is 1. The molecule has 28 heavy (non-hydrogen) atoms. The average Bonchev–Trinajstić information content (AvgIpc) is 3.27. The molecule has 0 bridgehead atoms. The highest BCUT2D eigenvalue weighted by Crippen LogP contribution is 2.40. The van der Waals surface area contributed by atoms with E-state index in [4.69, 9.17) is 0 Å². The smallest absolute Gasteiger partial charge is 0.353 e. The molecule has 1 saturated heterocycles. The van der Waals surface area contributed by atoms with E-state index >= 15 is 0 Å². The van der Waals surface area contributed by atoms with E-state index in [1.165, 1.54) is 6.92 Å². The Hall–Kier alpha value is -2.90. The molecule has 0 amide bonds. The first-order chi connectivity index (χ1) is 13.3. The van der Waals surface area contributed by atoms with Crippen molar-refractivity contribution in [2.75, 3.05) is 18.0 Å². The summed E-state index contributed by atoms with van der Waals surface area (Å²) >= 11 is 0. The van der Waals surface area contributed by atoms with Crippen LogP contribution in [0.3, 0.4) is 0 Å². The monoisotopic (exact) mass is 390 g/mol. The van der Waals surface area contributed by atoms with E-state index in [1.807, 2.05) is 30.3 Å². The molecule has 1 atom stereocenters. The molecule has 8 heteroatoms. The minimum absolute atomic E-state index is 0.0779. The number of imidazole rings is 1. The van der Waals surface area contributed by atoms with Gasteiger partial charge in [-0.2, -0.15) is 13.2 Å². The van der Waals surface area contributed by atoms with Crippen molar-refractivity contribution in [3.05, 3.63) is 54.0 Å². The molecule has 0 spiro atoms. The number of benzene rings is 1. The third kappa shape index (κ3) is 3.34. The highest BCUT2D eigenvalue weighted by atomic mass is 19.4. The van der Waals surface area contributed by atoms with Crippen molar-refractivity contribution in [1.82, 2.24) is 15.0 Å². The highest BCUT2D eigenvalue weighted by molar-refractivity contribution is 5.88. The third-order valence-electron chi connectivity index (χ3n) is 4.85. The lowest BCUT2D eigenvalue weighted by molar-refractivity contribution is -0.141. The van der Waals surface area contributed by atoms with Crippen molar-refractivity contribution in [2.24, 2.45) is 0 Å². The summed E-state index contributed by atoms with van der Waals surface area (Å²) in [5.74, 6) is 0.512. The number of alkyl halides is 4. The summed E-state index contributed by atoms with van der Waals surface area (Å²) < 4.78 is 53.7. The van der Waals surface area contributed by atoms with E-state index in [1.54, 1.807) is 17.2 Å². The fourth-order valence-corrected chi connectivity index (χ4v) is 3.55. The van der Waals surface area contributed by atoms with Crippen LogP contribution < -0.4 is 4.90 Å². The molecule has 4 rings (SSSR count). The Morgan fingerprint density at radius 1 is 1.14 bits per heavy atom. The van der Waals surface area contributed by atoms with Gasteiger partial charge in [0, 0.05) is 12.7 Å². The zero-order chi connectivity index (χ0) is 19.9. The fraction of sp³-hybridized carbons (Fsp3) is 0.300. The van der Waals surface area contributed by atoms with Gasteiger partial charge in [-0.05, 0) is 30.5 Å². The maximum Gasteiger partial charge on any atom is 0.433 e. The Labute approximate surface area is 159 Å². The molecule has 0 aliphatic carbocycles. The van der Waals surface area contributed by atoms with E-state index < -0.39 is 18.0 Å². The summed E-state index contributed by atoms with van der Waals surface area (Å²) in [7, 11) is 0. The Kier molecular flexibility index (Phi) is 4.56. The number of hydrogen-bond donors (Lipinski definition) is 1. The number of pyridine rings is 1. The molecule has 1 aromatic carbocycles. The average molecular weight is 390 g/mol. The minimum atomic E-state index is -4.54. The van der Waals surface area contributed by atoms with E-state index in [0.717, 1.165) is 5.56 Å². The standard InChI is InChI=1S/C20H18F4N4/c1-12-17(20(22,23)24)27-18(26-12)16-15(13-5-3-2-4-6-13)7-9-25-19(16)28-10-8-14(21)11-28/h2-7,9,14H,8,10-11H2,1H3,(H,26,27)/t14-/m0/s1. The van der Waals surface area contributed by atoms with Crippen LogP contribution in [0.5, 0.6) is 0 Å². The van der Waals surface area contributed by atoms with Crippen LogP contribution in [0.2, 0.25) is 0 Å². The lowest BCUT2D eigenvalue weighted by Gasteiger charge is -2.21. The molecule has 1 aliphatic heterocycles. The van der Waals surface area contributed by atoms with Gasteiger partial charge in [-0.1, -0.05) is 30.3 Å². The molecule has 0 saturated carbocycles. The van der Waals surface area contributed by atoms with Gasteiger partial charge < -0.3 is 9.88 Å². The van der Waals surface area contributed by atoms with Crippen molar-refractivity contribution in [1.29, 1.82) is 0 Å². The summed E-state index contributed by atoms with van der Waals surface area (Å²) in [6, 6.07) is 11.0. The fourth-order valence-electron chi connectivity index (χ4n) is 3.55. The first-order valence-corrected chi connectivity index (χ1v) is 8.92. The Balaban J connectivity index is 1.93. The second kappa shape index (κ2) is 6.92. The van der Waals surface area contributed by atoms with Gasteiger partial charge in [0.05, 0.1) is 17.8 Å². The van der Waals surface area contributed by atoms with Crippen LogP contribution in [-0.4, -0.2) is 34.2 Å². The van der Waals surface area contributed by atoms with Crippen LogP contribution in [-0.2, 0) is 6.18 Å². The van der Waals surface area contributed by atoms with Gasteiger partial charge in [0.15, 0.2) is 0 Å². The number of nitrogens with one attached hydrogen (secondary N) is 1. The number of halogens is 4. The zero-order valence-electron chi connectivity index (χ0n) is 15.1. The first kappa shape index (κ1) is 18.5. The van der Waals surface area contributed by atoms with Crippen molar-refractivity contribution < 1.29 is 17.6 Å². The van der Waals surface area contributed by atoms with E-state index in [2.05, 4.69) is 15.0 Å². The molecule has 0 radical (unpaired) electrons. The normalized spacial score (nSPS) is 17.3. The van der Waals surface area contributed by atoms with Gasteiger partial charge in [-0.25, -0.2) is 14.4 Å². The minimum Gasteiger partial charge on any atom is -0.353 e. The van der Waals surface area contributed by atoms with Crippen LogP contribution >= 0.6 is 0 Å². The van der Waals surface area contributed by atoms with E-state index in [-0.39, 0.29) is 18.1 Å². The Morgan fingerprint density at radius 3 is 2.50 bits per heavy atom. The largest absolute Gasteiger partial charge is 0.433 e. The first-order valence-electron chi connectivity index (χ1n) is 8.92. The number of anilines is 1. The number of rotatable bonds is 3. The van der Waals surface area contributed by atoms with Crippen LogP contribution in [0, 0.1) is 6.92 Å². The maximum atomic E-state index is 13.8. The summed E-state index contributed by atoms with van der Waals surface area (Å²) in [6.45, 7) is 1.92. The van der Waals surface area contributed by atoms with Gasteiger partial charge in [0.2, 0.25) is 0 Å². The van der Waals surface area contributed by atoms with E-state index in [0.29, 0.717) is 29.9 Å². The van der Waals surface area contributed by atoms with Gasteiger partial charge in [-0.15, -0.1) is 0 Å². The van der Waals surface area contributed by atoms with Crippen LogP contribution in [0.15, 0.2) is 42.6 Å². The predicted molar refractivity (Wildman–Crippen MR) is 98.7 cm³/mol. The van der Waals surface area contributed by atoms with Crippen LogP contribution in [0.25, 0.3) is 22.5 Å². The van der Waals surface area contributed by atoms with Gasteiger partial charge in [-0.3, -0.25) is 0 Å². The summed E-state index contributed by atoms with van der Waals surface area (Å²) in [5, 5.41) is 0. The quantitative estimate of drug-likeness (QED) is 0.639. The molecular formula is C20H18F4N4. The number of H-pyrrole nitrogens is 1. The number of aromatic nitrogens is 3. The lowest BCUT2D eigenvalue weighted by atomic mass is 10.00. The van der Waals surface area contributed by atoms with Crippen molar-refractivity contribution in [2.45, 2.75) is 25.7 Å². The van der Waals surface area contributed by atoms with E-state index in [9.17, 15) is 17.6 Å². The molecule has 3 aromatic rings. The molecular weight excluding hydrogens is 372 g/mol. The van der Waals surface area contributed by atoms with Crippen molar-refractivity contribution in [3.8, 4) is 22.5 Å². The zero-order valence-corrected chi connectivity index (χ0v) is 15.1. The molecule has 0 unspecified atom stereocenters. The van der Waals surface area contributed by atoms with Gasteiger partial charge >= 0.3 is 6.18 Å². The third-order valence-corrected chi connectivity index (χ3v) is 4.85. The highest BCUT2D eigenvalue weighted by Gasteiger charge is 2.36. The molecule has 1 fully saturated rings. The van der Waals surface area contributed by atoms with Gasteiger partial charge in [0.1, 0.15) is 23.5 Å². The molecule has 3 heterocycles. The van der Waals surface area contributed by atoms with Crippen molar-refractivity contribution >= 4 is 5.82 Å². The number of hydrogen-bond acceptors (Lipinski definition) is 3. The second-order valence-electron chi connectivity index (χ2n) is 6.80. The molecule has 1 N–H and O–H groups in total. The SMILES string of the molecule is Cc1nc(-c2c(-c3ccccc3)ccnc2N2CC[C@H](F)C2)[nH]c1C(F)(F)F. The van der Waals surface area contributed by atoms with Crippen LogP contribution in [0.1, 0.15) is 17.8 Å². The summed E-state index contributed by atoms with van der Waals surface area (Å²) in [6.07, 6.45) is -3.57. The second-order valence-corrected chi connectivity index (χ2v) is 6.80. The predicted octanol–water partition coefficient (Wildman–Crippen LogP) is 5.01. The number of aryl methyl sites for hydroxylation is 1. The Bertz CT molecular complexity index is 982. The number of nitrogens with zero attached hydrogens (tertiary/aromatic N) is 3. The Morgan fingerprint density at radius 2 is 1.89 bits per heavy atom. The molecule has 146 valence electrons. The molecule has 2 aromatic heterocycles. The lowest BCUT2D eigenvalue weighted by Crippen LogP contribution is -2.22. The summed E-state index contributed by atoms with van der Waals surface area (Å²) in [4.78, 5) is 12.7.